The Morgan fingerprint density at radius 3 is 3.07 bits per heavy atom. The number of carbonyl (C=O) groups excluding carboxylic acids is 1. The number of hydrogen-bond donors (Lipinski definition) is 1. The number of nitrogens with zero attached hydrogens (tertiary/aromatic N) is 2. The number of imidazole rings is 1. The minimum atomic E-state index is -0.0990. The van der Waals surface area contributed by atoms with Crippen molar-refractivity contribution in [1.29, 1.82) is 0 Å². The lowest BCUT2D eigenvalue weighted by atomic mass is 10.2. The van der Waals surface area contributed by atoms with Gasteiger partial charge in [-0.2, -0.15) is 0 Å². The molecule has 5 heteroatoms. The van der Waals surface area contributed by atoms with Crippen LogP contribution >= 0.6 is 15.9 Å². The van der Waals surface area contributed by atoms with Gasteiger partial charge >= 0.3 is 0 Å². The van der Waals surface area contributed by atoms with Crippen LogP contribution in [0.1, 0.15) is 16.2 Å². The molecule has 0 atom stereocenters. The van der Waals surface area contributed by atoms with Crippen LogP contribution in [0.5, 0.6) is 0 Å². The van der Waals surface area contributed by atoms with Crippen LogP contribution in [0.2, 0.25) is 0 Å². The topological polar surface area (TPSA) is 60.4 Å². The van der Waals surface area contributed by atoms with Crippen molar-refractivity contribution in [3.8, 4) is 0 Å². The molecule has 2 heterocycles. The molecule has 0 fully saturated rings. The maximum absolute atomic E-state index is 11.6. The zero-order valence-electron chi connectivity index (χ0n) is 8.20. The van der Waals surface area contributed by atoms with Crippen LogP contribution in [0.25, 0.3) is 5.65 Å². The third-order valence-electron chi connectivity index (χ3n) is 2.23. The molecule has 2 N–H and O–H groups in total. The summed E-state index contributed by atoms with van der Waals surface area (Å²) in [5, 5.41) is 0. The monoisotopic (exact) mass is 267 g/mol. The van der Waals surface area contributed by atoms with Crippen LogP contribution in [0.3, 0.4) is 0 Å². The molecule has 0 spiro atoms. The number of Topliss-reactive ketones (excluding diaryl/α,β-unsaturated/α-hetero) is 1. The molecule has 78 valence electrons. The number of aromatic nitrogens is 2. The van der Waals surface area contributed by atoms with Crippen molar-refractivity contribution < 1.29 is 4.79 Å². The van der Waals surface area contributed by atoms with Gasteiger partial charge in [0.05, 0.1) is 16.7 Å². The highest BCUT2D eigenvalue weighted by atomic mass is 79.9. The lowest BCUT2D eigenvalue weighted by molar-refractivity contribution is 0.0995. The predicted molar refractivity (Wildman–Crippen MR) is 61.0 cm³/mol. The molecular formula is C10H10BrN3O. The van der Waals surface area contributed by atoms with E-state index in [9.17, 15) is 4.79 Å². The quantitative estimate of drug-likeness (QED) is 0.840. The number of ketones is 1. The van der Waals surface area contributed by atoms with Crippen molar-refractivity contribution in [2.45, 2.75) is 6.92 Å². The van der Waals surface area contributed by atoms with Gasteiger partial charge < -0.3 is 5.73 Å². The van der Waals surface area contributed by atoms with E-state index >= 15 is 0 Å². The lowest BCUT2D eigenvalue weighted by Crippen LogP contribution is -2.16. The molecule has 0 unspecified atom stereocenters. The minimum absolute atomic E-state index is 0.00114. The van der Waals surface area contributed by atoms with E-state index in [1.807, 2.05) is 25.3 Å². The molecule has 0 aliphatic heterocycles. The first kappa shape index (κ1) is 10.3. The zero-order chi connectivity index (χ0) is 11.0. The summed E-state index contributed by atoms with van der Waals surface area (Å²) in [7, 11) is 0. The molecule has 4 nitrogen and oxygen atoms in total. The Hall–Kier alpha value is -1.20. The Morgan fingerprint density at radius 2 is 2.40 bits per heavy atom. The SMILES string of the molecule is Cc1nc2c(Br)cccn2c1C(=O)CN. The fourth-order valence-electron chi connectivity index (χ4n) is 1.58. The molecule has 2 aromatic rings. The van der Waals surface area contributed by atoms with Crippen molar-refractivity contribution in [3.05, 3.63) is 34.2 Å². The highest BCUT2D eigenvalue weighted by Crippen LogP contribution is 2.20. The summed E-state index contributed by atoms with van der Waals surface area (Å²) in [6, 6.07) is 3.74. The van der Waals surface area contributed by atoms with E-state index < -0.39 is 0 Å². The third kappa shape index (κ3) is 1.57. The van der Waals surface area contributed by atoms with Crippen LogP contribution < -0.4 is 5.73 Å². The van der Waals surface area contributed by atoms with E-state index in [0.29, 0.717) is 11.4 Å². The molecule has 0 aromatic carbocycles. The Labute approximate surface area is 95.2 Å². The second-order valence-corrected chi connectivity index (χ2v) is 4.08. The van der Waals surface area contributed by atoms with E-state index in [2.05, 4.69) is 20.9 Å². The number of fused-ring (bicyclic) bond motifs is 1. The van der Waals surface area contributed by atoms with Crippen molar-refractivity contribution in [3.63, 3.8) is 0 Å². The average Bonchev–Trinajstić information content (AvgIpc) is 2.55. The van der Waals surface area contributed by atoms with Crippen LogP contribution in [0.4, 0.5) is 0 Å². The number of carbonyl (C=O) groups is 1. The Balaban J connectivity index is 2.79. The number of pyridine rings is 1. The highest BCUT2D eigenvalue weighted by molar-refractivity contribution is 9.10. The molecule has 0 radical (unpaired) electrons. The number of rotatable bonds is 2. The largest absolute Gasteiger partial charge is 0.324 e. The number of nitrogens with two attached hydrogens (primary N) is 1. The molecule has 0 aliphatic rings. The van der Waals surface area contributed by atoms with Gasteiger partial charge in [0.1, 0.15) is 5.69 Å². The van der Waals surface area contributed by atoms with Gasteiger partial charge in [-0.05, 0) is 35.0 Å². The first-order valence-corrected chi connectivity index (χ1v) is 5.31. The molecule has 0 saturated heterocycles. The van der Waals surface area contributed by atoms with Gasteiger partial charge in [0, 0.05) is 6.20 Å². The third-order valence-corrected chi connectivity index (χ3v) is 2.85. The van der Waals surface area contributed by atoms with E-state index in [0.717, 1.165) is 10.1 Å². The molecule has 2 aromatic heterocycles. The lowest BCUT2D eigenvalue weighted by Gasteiger charge is -2.00. The van der Waals surface area contributed by atoms with Gasteiger partial charge in [0.25, 0.3) is 0 Å². The van der Waals surface area contributed by atoms with Gasteiger partial charge in [0.2, 0.25) is 0 Å². The van der Waals surface area contributed by atoms with Crippen LogP contribution in [-0.4, -0.2) is 21.7 Å². The molecule has 0 saturated carbocycles. The summed E-state index contributed by atoms with van der Waals surface area (Å²) in [5.74, 6) is -0.0990. The van der Waals surface area contributed by atoms with E-state index in [-0.39, 0.29) is 12.3 Å². The van der Waals surface area contributed by atoms with Gasteiger partial charge in [0.15, 0.2) is 11.4 Å². The highest BCUT2D eigenvalue weighted by Gasteiger charge is 2.15. The van der Waals surface area contributed by atoms with E-state index in [4.69, 9.17) is 5.73 Å². The van der Waals surface area contributed by atoms with Crippen molar-refractivity contribution >= 4 is 27.4 Å². The zero-order valence-corrected chi connectivity index (χ0v) is 9.78. The summed E-state index contributed by atoms with van der Waals surface area (Å²) in [5.41, 5.74) is 7.37. The standard InChI is InChI=1S/C10H10BrN3O/c1-6-9(8(15)5-12)14-4-2-3-7(11)10(14)13-6/h2-4H,5,12H2,1H3. The second kappa shape index (κ2) is 3.75. The maximum atomic E-state index is 11.6. The average molecular weight is 268 g/mol. The van der Waals surface area contributed by atoms with E-state index in [1.54, 1.807) is 4.40 Å². The van der Waals surface area contributed by atoms with Crippen molar-refractivity contribution in [2.24, 2.45) is 5.73 Å². The molecule has 0 aliphatic carbocycles. The maximum Gasteiger partial charge on any atom is 0.194 e. The Morgan fingerprint density at radius 1 is 1.67 bits per heavy atom. The number of halogens is 1. The fourth-order valence-corrected chi connectivity index (χ4v) is 2.01. The summed E-state index contributed by atoms with van der Waals surface area (Å²) < 4.78 is 2.62. The summed E-state index contributed by atoms with van der Waals surface area (Å²) in [6.07, 6.45) is 1.81. The Kier molecular flexibility index (Phi) is 2.58. The van der Waals surface area contributed by atoms with Crippen molar-refractivity contribution in [2.75, 3.05) is 6.54 Å². The fraction of sp³-hybridized carbons (Fsp3) is 0.200. The van der Waals surface area contributed by atoms with Gasteiger partial charge in [-0.15, -0.1) is 0 Å². The molecule has 15 heavy (non-hydrogen) atoms. The second-order valence-electron chi connectivity index (χ2n) is 3.22. The van der Waals surface area contributed by atoms with Crippen LogP contribution in [-0.2, 0) is 0 Å². The summed E-state index contributed by atoms with van der Waals surface area (Å²) in [6.45, 7) is 1.81. The normalized spacial score (nSPS) is 10.9. The molecular weight excluding hydrogens is 258 g/mol. The summed E-state index contributed by atoms with van der Waals surface area (Å²) >= 11 is 3.39. The van der Waals surface area contributed by atoms with Crippen LogP contribution in [0, 0.1) is 6.92 Å². The Bertz CT molecular complexity index is 533. The van der Waals surface area contributed by atoms with Gasteiger partial charge in [-0.1, -0.05) is 0 Å². The van der Waals surface area contributed by atoms with E-state index in [1.165, 1.54) is 0 Å². The van der Waals surface area contributed by atoms with Gasteiger partial charge in [-0.3, -0.25) is 9.20 Å². The number of hydrogen-bond acceptors (Lipinski definition) is 3. The predicted octanol–water partition coefficient (Wildman–Crippen LogP) is 1.55. The molecule has 0 amide bonds. The molecule has 0 bridgehead atoms. The first-order valence-electron chi connectivity index (χ1n) is 4.51. The first-order chi connectivity index (χ1) is 7.15. The van der Waals surface area contributed by atoms with Crippen LogP contribution in [0.15, 0.2) is 22.8 Å². The van der Waals surface area contributed by atoms with Crippen molar-refractivity contribution in [1.82, 2.24) is 9.38 Å². The number of aryl methyl sites for hydroxylation is 1. The summed E-state index contributed by atoms with van der Waals surface area (Å²) in [4.78, 5) is 15.9. The molecule has 2 rings (SSSR count). The smallest absolute Gasteiger partial charge is 0.194 e. The van der Waals surface area contributed by atoms with Gasteiger partial charge in [-0.25, -0.2) is 4.98 Å². The minimum Gasteiger partial charge on any atom is -0.324 e.